The van der Waals surface area contributed by atoms with E-state index in [4.69, 9.17) is 42.6 Å². The van der Waals surface area contributed by atoms with E-state index < -0.39 is 0 Å². The minimum atomic E-state index is 0.285. The zero-order chi connectivity index (χ0) is 90.0. The summed E-state index contributed by atoms with van der Waals surface area (Å²) < 4.78 is 54.4. The van der Waals surface area contributed by atoms with Crippen molar-refractivity contribution >= 4 is 0 Å². The molecule has 31 atom stereocenters. The molecule has 9 nitrogen and oxygen atoms in total. The molecule has 9 heteroatoms. The van der Waals surface area contributed by atoms with Gasteiger partial charge in [0.05, 0.1) is 104 Å². The van der Waals surface area contributed by atoms with Crippen molar-refractivity contribution in [3.05, 3.63) is 66.8 Å². The molecule has 0 radical (unpaired) electrons. The summed E-state index contributed by atoms with van der Waals surface area (Å²) in [6.07, 6.45) is 68.8. The normalized spacial score (nSPS) is 35.2. The van der Waals surface area contributed by atoms with E-state index in [1.807, 2.05) is 30.3 Å². The van der Waals surface area contributed by atoms with E-state index in [0.717, 1.165) is 107 Å². The van der Waals surface area contributed by atoms with Crippen LogP contribution in [0.2, 0.25) is 0 Å². The molecular formula is C115H202O9. The Kier molecular flexibility index (Phi) is 45.2. The van der Waals surface area contributed by atoms with Gasteiger partial charge in [0, 0.05) is 0 Å². The molecule has 13 fully saturated rings. The fourth-order valence-electron chi connectivity index (χ4n) is 24.7. The maximum atomic E-state index is 6.42. The highest BCUT2D eigenvalue weighted by atomic mass is 16.5. The van der Waals surface area contributed by atoms with E-state index in [1.54, 1.807) is 19.3 Å². The lowest BCUT2D eigenvalue weighted by atomic mass is 9.70. The second-order valence-corrected chi connectivity index (χ2v) is 46.9. The van der Waals surface area contributed by atoms with Gasteiger partial charge >= 0.3 is 0 Å². The summed E-state index contributed by atoms with van der Waals surface area (Å²) in [7, 11) is 0. The first-order valence-corrected chi connectivity index (χ1v) is 54.1. The lowest BCUT2D eigenvalue weighted by molar-refractivity contribution is -0.0772. The molecule has 16 aliphatic rings. The quantitative estimate of drug-likeness (QED) is 0.0632. The summed E-state index contributed by atoms with van der Waals surface area (Å²) in [5, 5.41) is 0. The highest BCUT2D eigenvalue weighted by Crippen LogP contribution is 2.68. The van der Waals surface area contributed by atoms with Gasteiger partial charge in [-0.25, -0.2) is 0 Å². The highest BCUT2D eigenvalue weighted by Gasteiger charge is 2.63. The number of rotatable bonds is 27. The average Bonchev–Trinajstić information content (AvgIpc) is 1.55. The molecule has 0 saturated heterocycles. The summed E-state index contributed by atoms with van der Waals surface area (Å²) in [5.41, 5.74) is 0. The molecule has 17 rings (SSSR count). The van der Waals surface area contributed by atoms with Crippen LogP contribution in [0, 0.1) is 148 Å². The number of ether oxygens (including phenoxy) is 9. The Balaban J connectivity index is 0.000000159. The molecule has 0 N–H and O–H groups in total. The predicted molar refractivity (Wildman–Crippen MR) is 525 cm³/mol. The van der Waals surface area contributed by atoms with Crippen molar-refractivity contribution < 1.29 is 42.6 Å². The summed E-state index contributed by atoms with van der Waals surface area (Å²) >= 11 is 0. The van der Waals surface area contributed by atoms with Crippen molar-refractivity contribution in [3.63, 3.8) is 0 Å². The second kappa shape index (κ2) is 53.1. The van der Waals surface area contributed by atoms with Crippen LogP contribution in [0.25, 0.3) is 0 Å². The third-order valence-electron chi connectivity index (χ3n) is 35.2. The molecule has 13 saturated carbocycles. The summed E-state index contributed by atoms with van der Waals surface area (Å²) in [4.78, 5) is 0. The zero-order valence-corrected chi connectivity index (χ0v) is 85.8. The summed E-state index contributed by atoms with van der Waals surface area (Å²) in [6, 6.07) is 9.94. The molecule has 16 aliphatic carbocycles. The minimum Gasteiger partial charge on any atom is -0.490 e. The Morgan fingerprint density at radius 1 is 0.234 bits per heavy atom. The zero-order valence-electron chi connectivity index (χ0n) is 85.8. The molecule has 31 unspecified atom stereocenters. The van der Waals surface area contributed by atoms with Crippen molar-refractivity contribution in [3.8, 4) is 5.75 Å². The van der Waals surface area contributed by atoms with E-state index in [2.05, 4.69) is 223 Å². The topological polar surface area (TPSA) is 83.1 Å². The maximum Gasteiger partial charge on any atom is 0.119 e. The lowest BCUT2D eigenvalue weighted by Gasteiger charge is -2.39. The fourth-order valence-corrected chi connectivity index (χ4v) is 24.7. The molecule has 1 aromatic carbocycles. The van der Waals surface area contributed by atoms with Crippen molar-refractivity contribution in [2.24, 2.45) is 148 Å². The van der Waals surface area contributed by atoms with Crippen molar-refractivity contribution in [2.45, 2.75) is 509 Å². The van der Waals surface area contributed by atoms with E-state index in [-0.39, 0.29) is 6.10 Å². The Morgan fingerprint density at radius 3 is 1.21 bits per heavy atom. The first-order valence-electron chi connectivity index (χ1n) is 54.1. The number of hydrogen-bond acceptors (Lipinski definition) is 9. The second-order valence-electron chi connectivity index (χ2n) is 46.9. The van der Waals surface area contributed by atoms with Crippen LogP contribution in [-0.4, -0.2) is 104 Å². The van der Waals surface area contributed by atoms with E-state index in [0.29, 0.717) is 151 Å². The number of fused-ring (bicyclic) bond motifs is 20. The standard InChI is InChI=1S/C17H28O.C15H26O.C15H24O.C14H26O.C11H22O.2C11H20O.C11H16O.C10H20O/c1-9(2)10(3)18-15-8-13-7-14(15)17-12-5-4-11(6-12)16(13)17;2*1-9(2)10(3)16-15-8-11-7-14(15)13-6-4-5-12(11)13;1-10(2)11(3)15-14-8-7-12-5-4-6-13(12)9-14;4*1-9(2)10(3)12-11-7-5-4-6-8-11;1-8(2)9(3)11-10-6-4-5-7-10/h9-17H,4-8H2,1-3H3;9-15H,4-8H2,1-3H3;4,6,9-15H,5,7-8H2,1-3H3;10-14H,4-9H2,1-3H3;9-11H,4-8H2,1-3H3;5,7,9-11H,4,6,8H2,1-3H3;4-5,9-11H,6-8H2,1-3H3;4-10H,1-3H3;8-10H,4-7H2,1-3H3. The Bertz CT molecular complexity index is 3080. The molecule has 0 aliphatic heterocycles. The molecule has 716 valence electrons. The van der Waals surface area contributed by atoms with Crippen LogP contribution in [0.4, 0.5) is 0 Å². The van der Waals surface area contributed by atoms with Gasteiger partial charge in [-0.2, -0.15) is 0 Å². The molecule has 0 aromatic heterocycles. The summed E-state index contributed by atoms with van der Waals surface area (Å²) in [6.45, 7) is 60.0. The van der Waals surface area contributed by atoms with Crippen LogP contribution in [-0.2, 0) is 37.9 Å². The largest absolute Gasteiger partial charge is 0.490 e. The first kappa shape index (κ1) is 106. The predicted octanol–water partition coefficient (Wildman–Crippen LogP) is 31.4. The van der Waals surface area contributed by atoms with Gasteiger partial charge in [0.2, 0.25) is 0 Å². The van der Waals surface area contributed by atoms with Crippen LogP contribution < -0.4 is 4.74 Å². The molecule has 8 bridgehead atoms. The Labute approximate surface area is 767 Å². The Hall–Kier alpha value is -2.08. The molecule has 0 spiro atoms. The smallest absolute Gasteiger partial charge is 0.119 e. The SMILES string of the molecule is CC(C)C(C)OC1C=CCCC1.CC(C)C(C)OC1CC2CC1C1C3CCC(C3)C21.CC(C)C(C)OC1CC2CC1C1C=CCC21.CC(C)C(C)OC1CC2CC1C1CCCC21.CC(C)C(C)OC1CC=CCC1.CC(C)C(C)OC1CCC2CCCC2C1.CC(C)C(C)OC1CCCC1.CC(C)C(C)OC1CCCCC1.CC(C)C(C)Oc1ccccc1. The first-order chi connectivity index (χ1) is 59.1. The average molecular weight is 1730 g/mol. The van der Waals surface area contributed by atoms with Gasteiger partial charge in [0.25, 0.3) is 0 Å². The van der Waals surface area contributed by atoms with E-state index in [9.17, 15) is 0 Å². The maximum absolute atomic E-state index is 6.42. The van der Waals surface area contributed by atoms with Crippen molar-refractivity contribution in [1.82, 2.24) is 0 Å². The van der Waals surface area contributed by atoms with E-state index in [1.165, 1.54) is 193 Å². The molecule has 124 heavy (non-hydrogen) atoms. The van der Waals surface area contributed by atoms with Gasteiger partial charge in [-0.05, 0) is 383 Å². The van der Waals surface area contributed by atoms with Crippen LogP contribution >= 0.6 is 0 Å². The number of benzene rings is 1. The van der Waals surface area contributed by atoms with Crippen molar-refractivity contribution in [1.29, 1.82) is 0 Å². The van der Waals surface area contributed by atoms with Gasteiger partial charge in [-0.3, -0.25) is 0 Å². The van der Waals surface area contributed by atoms with Gasteiger partial charge in [0.15, 0.2) is 0 Å². The third-order valence-corrected chi connectivity index (χ3v) is 35.2. The third kappa shape index (κ3) is 32.4. The molecular weight excluding hydrogens is 1530 g/mol. The molecule has 0 heterocycles. The van der Waals surface area contributed by atoms with Gasteiger partial charge in [-0.1, -0.05) is 237 Å². The molecule has 0 amide bonds. The lowest BCUT2D eigenvalue weighted by Crippen LogP contribution is -2.38. The van der Waals surface area contributed by atoms with Crippen molar-refractivity contribution in [2.75, 3.05) is 0 Å². The monoisotopic (exact) mass is 1730 g/mol. The van der Waals surface area contributed by atoms with Crippen LogP contribution in [0.1, 0.15) is 405 Å². The van der Waals surface area contributed by atoms with Gasteiger partial charge < -0.3 is 42.6 Å². The minimum absolute atomic E-state index is 0.285. The van der Waals surface area contributed by atoms with Gasteiger partial charge in [-0.15, -0.1) is 0 Å². The number of para-hydroxylation sites is 1. The Morgan fingerprint density at radius 2 is 0.677 bits per heavy atom. The van der Waals surface area contributed by atoms with Crippen LogP contribution in [0.3, 0.4) is 0 Å². The number of allylic oxidation sites excluding steroid dienone is 4. The van der Waals surface area contributed by atoms with E-state index >= 15 is 0 Å². The molecule has 1 aromatic rings. The van der Waals surface area contributed by atoms with Crippen LogP contribution in [0.5, 0.6) is 5.75 Å². The number of hydrogen-bond donors (Lipinski definition) is 0. The highest BCUT2D eigenvalue weighted by molar-refractivity contribution is 5.21. The fraction of sp³-hybridized carbons (Fsp3) is 0.896. The summed E-state index contributed by atoms with van der Waals surface area (Å²) in [5.74, 6) is 23.0. The van der Waals surface area contributed by atoms with Gasteiger partial charge in [0.1, 0.15) is 5.75 Å². The van der Waals surface area contributed by atoms with Crippen LogP contribution in [0.15, 0.2) is 66.8 Å².